The average molecular weight is 264 g/mol. The number of aliphatic hydroxyl groups is 1. The van der Waals surface area contributed by atoms with Crippen molar-refractivity contribution in [3.63, 3.8) is 0 Å². The molecule has 1 heterocycles. The van der Waals surface area contributed by atoms with E-state index >= 15 is 0 Å². The summed E-state index contributed by atoms with van der Waals surface area (Å²) in [7, 11) is -3.44. The fourth-order valence-electron chi connectivity index (χ4n) is 2.29. The van der Waals surface area contributed by atoms with E-state index in [4.69, 9.17) is 0 Å². The summed E-state index contributed by atoms with van der Waals surface area (Å²) in [4.78, 5) is 0. The first kappa shape index (κ1) is 14.9. The molecule has 0 aliphatic carbocycles. The second-order valence-electron chi connectivity index (χ2n) is 4.76. The highest BCUT2D eigenvalue weighted by atomic mass is 32.2. The molecule has 1 aliphatic heterocycles. The normalized spacial score (nSPS) is 24.8. The van der Waals surface area contributed by atoms with E-state index in [-0.39, 0.29) is 18.7 Å². The van der Waals surface area contributed by atoms with Crippen molar-refractivity contribution in [2.75, 3.05) is 13.2 Å². The predicted octanol–water partition coefficient (Wildman–Crippen LogP) is 0.856. The number of aliphatic hydroxyl groups excluding tert-OH is 1. The molecule has 0 bridgehead atoms. The van der Waals surface area contributed by atoms with Gasteiger partial charge in [-0.1, -0.05) is 19.8 Å². The Balaban J connectivity index is 2.67. The highest BCUT2D eigenvalue weighted by molar-refractivity contribution is 7.87. The molecule has 0 amide bonds. The predicted molar refractivity (Wildman–Crippen MR) is 67.9 cm³/mol. The molecule has 0 aromatic heterocycles. The van der Waals surface area contributed by atoms with Gasteiger partial charge in [-0.2, -0.15) is 17.4 Å². The molecular formula is C11H24N2O3S. The molecule has 0 saturated carbocycles. The average Bonchev–Trinajstić information content (AvgIpc) is 2.28. The molecule has 6 heteroatoms. The Labute approximate surface area is 104 Å². The zero-order valence-corrected chi connectivity index (χ0v) is 11.5. The second kappa shape index (κ2) is 6.68. The number of hydrogen-bond donors (Lipinski definition) is 2. The van der Waals surface area contributed by atoms with Gasteiger partial charge in [-0.3, -0.25) is 0 Å². The van der Waals surface area contributed by atoms with Crippen LogP contribution in [0.3, 0.4) is 0 Å². The second-order valence-corrected chi connectivity index (χ2v) is 6.41. The first-order valence-electron chi connectivity index (χ1n) is 6.41. The minimum Gasteiger partial charge on any atom is -0.395 e. The summed E-state index contributed by atoms with van der Waals surface area (Å²) in [6, 6.07) is -0.304. The molecule has 2 N–H and O–H groups in total. The molecular weight excluding hydrogens is 240 g/mol. The maximum Gasteiger partial charge on any atom is 0.280 e. The van der Waals surface area contributed by atoms with E-state index < -0.39 is 10.2 Å². The van der Waals surface area contributed by atoms with Crippen LogP contribution >= 0.6 is 0 Å². The third kappa shape index (κ3) is 4.21. The zero-order chi connectivity index (χ0) is 12.9. The van der Waals surface area contributed by atoms with Crippen LogP contribution in [0.4, 0.5) is 0 Å². The van der Waals surface area contributed by atoms with Gasteiger partial charge in [0, 0.05) is 18.6 Å². The minimum absolute atomic E-state index is 0.0498. The quantitative estimate of drug-likeness (QED) is 0.747. The first-order valence-corrected chi connectivity index (χ1v) is 7.85. The SMILES string of the molecule is CCCC(C)NS(=O)(=O)N1CCCCC1CO. The fourth-order valence-corrected chi connectivity index (χ4v) is 3.98. The number of nitrogens with one attached hydrogen (secondary N) is 1. The van der Waals surface area contributed by atoms with Crippen LogP contribution in [0.1, 0.15) is 46.0 Å². The highest BCUT2D eigenvalue weighted by Gasteiger charge is 2.32. The van der Waals surface area contributed by atoms with Gasteiger partial charge in [-0.25, -0.2) is 0 Å². The Bertz CT molecular complexity index is 319. The third-order valence-corrected chi connectivity index (χ3v) is 4.96. The van der Waals surface area contributed by atoms with Crippen molar-refractivity contribution >= 4 is 10.2 Å². The lowest BCUT2D eigenvalue weighted by molar-refractivity contribution is 0.153. The van der Waals surface area contributed by atoms with Crippen LogP contribution < -0.4 is 4.72 Å². The maximum absolute atomic E-state index is 12.1. The number of hydrogen-bond acceptors (Lipinski definition) is 3. The molecule has 1 saturated heterocycles. The summed E-state index contributed by atoms with van der Waals surface area (Å²) in [6.07, 6.45) is 4.39. The monoisotopic (exact) mass is 264 g/mol. The summed E-state index contributed by atoms with van der Waals surface area (Å²) < 4.78 is 28.4. The van der Waals surface area contributed by atoms with Crippen molar-refractivity contribution in [1.82, 2.24) is 9.03 Å². The van der Waals surface area contributed by atoms with Crippen LogP contribution in [-0.4, -0.2) is 43.1 Å². The smallest absolute Gasteiger partial charge is 0.280 e. The Morgan fingerprint density at radius 1 is 1.47 bits per heavy atom. The highest BCUT2D eigenvalue weighted by Crippen LogP contribution is 2.19. The van der Waals surface area contributed by atoms with Gasteiger partial charge < -0.3 is 5.11 Å². The van der Waals surface area contributed by atoms with Gasteiger partial charge in [-0.05, 0) is 26.2 Å². The fraction of sp³-hybridized carbons (Fsp3) is 1.00. The van der Waals surface area contributed by atoms with Crippen molar-refractivity contribution in [3.8, 4) is 0 Å². The van der Waals surface area contributed by atoms with Crippen LogP contribution in [-0.2, 0) is 10.2 Å². The van der Waals surface area contributed by atoms with Crippen molar-refractivity contribution in [3.05, 3.63) is 0 Å². The van der Waals surface area contributed by atoms with Crippen LogP contribution in [0, 0.1) is 0 Å². The minimum atomic E-state index is -3.44. The van der Waals surface area contributed by atoms with E-state index in [9.17, 15) is 13.5 Å². The van der Waals surface area contributed by atoms with Gasteiger partial charge in [0.25, 0.3) is 10.2 Å². The summed E-state index contributed by atoms with van der Waals surface area (Å²) in [5.41, 5.74) is 0. The van der Waals surface area contributed by atoms with E-state index in [0.717, 1.165) is 32.1 Å². The molecule has 0 radical (unpaired) electrons. The molecule has 2 atom stereocenters. The molecule has 0 aromatic carbocycles. The molecule has 0 aromatic rings. The molecule has 1 fully saturated rings. The van der Waals surface area contributed by atoms with Gasteiger partial charge in [-0.15, -0.1) is 0 Å². The van der Waals surface area contributed by atoms with E-state index in [1.165, 1.54) is 4.31 Å². The number of rotatable bonds is 6. The van der Waals surface area contributed by atoms with Gasteiger partial charge >= 0.3 is 0 Å². The maximum atomic E-state index is 12.1. The Kier molecular flexibility index (Phi) is 5.85. The van der Waals surface area contributed by atoms with Gasteiger partial charge in [0.1, 0.15) is 0 Å². The molecule has 1 aliphatic rings. The zero-order valence-electron chi connectivity index (χ0n) is 10.7. The van der Waals surface area contributed by atoms with E-state index in [2.05, 4.69) is 4.72 Å². The Morgan fingerprint density at radius 3 is 2.76 bits per heavy atom. The van der Waals surface area contributed by atoms with Crippen molar-refractivity contribution in [2.45, 2.75) is 58.0 Å². The molecule has 17 heavy (non-hydrogen) atoms. The van der Waals surface area contributed by atoms with Crippen LogP contribution in [0.25, 0.3) is 0 Å². The molecule has 0 spiro atoms. The van der Waals surface area contributed by atoms with Crippen LogP contribution in [0.5, 0.6) is 0 Å². The summed E-state index contributed by atoms with van der Waals surface area (Å²) in [6.45, 7) is 4.32. The molecule has 5 nitrogen and oxygen atoms in total. The molecule has 102 valence electrons. The lowest BCUT2D eigenvalue weighted by Gasteiger charge is -2.34. The number of nitrogens with zero attached hydrogens (tertiary/aromatic N) is 1. The van der Waals surface area contributed by atoms with Crippen molar-refractivity contribution < 1.29 is 13.5 Å². The molecule has 2 unspecified atom stereocenters. The van der Waals surface area contributed by atoms with Crippen molar-refractivity contribution in [1.29, 1.82) is 0 Å². The lowest BCUT2D eigenvalue weighted by Crippen LogP contribution is -2.52. The topological polar surface area (TPSA) is 69.6 Å². The first-order chi connectivity index (χ1) is 8.01. The van der Waals surface area contributed by atoms with E-state index in [1.54, 1.807) is 0 Å². The Morgan fingerprint density at radius 2 is 2.18 bits per heavy atom. The standard InChI is InChI=1S/C11H24N2O3S/c1-3-6-10(2)12-17(15,16)13-8-5-4-7-11(13)9-14/h10-12,14H,3-9H2,1-2H3. The largest absolute Gasteiger partial charge is 0.395 e. The van der Waals surface area contributed by atoms with Gasteiger partial charge in [0.05, 0.1) is 6.61 Å². The van der Waals surface area contributed by atoms with Gasteiger partial charge in [0.2, 0.25) is 0 Å². The lowest BCUT2D eigenvalue weighted by atomic mass is 10.1. The molecule has 1 rings (SSSR count). The van der Waals surface area contributed by atoms with E-state index in [1.807, 2.05) is 13.8 Å². The van der Waals surface area contributed by atoms with Crippen LogP contribution in [0.2, 0.25) is 0 Å². The Hall–Kier alpha value is -0.170. The van der Waals surface area contributed by atoms with Crippen LogP contribution in [0.15, 0.2) is 0 Å². The summed E-state index contributed by atoms with van der Waals surface area (Å²) in [5.74, 6) is 0. The summed E-state index contributed by atoms with van der Waals surface area (Å²) in [5, 5.41) is 9.23. The van der Waals surface area contributed by atoms with E-state index in [0.29, 0.717) is 6.54 Å². The van der Waals surface area contributed by atoms with Gasteiger partial charge in [0.15, 0.2) is 0 Å². The summed E-state index contributed by atoms with van der Waals surface area (Å²) >= 11 is 0. The number of piperidine rings is 1. The van der Waals surface area contributed by atoms with Crippen molar-refractivity contribution in [2.24, 2.45) is 0 Å². The third-order valence-electron chi connectivity index (χ3n) is 3.16.